The van der Waals surface area contributed by atoms with Crippen molar-refractivity contribution in [1.29, 1.82) is 0 Å². The lowest BCUT2D eigenvalue weighted by molar-refractivity contribution is -0.0611. The van der Waals surface area contributed by atoms with Gasteiger partial charge in [0, 0.05) is 19.1 Å². The second kappa shape index (κ2) is 2.73. The van der Waals surface area contributed by atoms with Gasteiger partial charge in [0.2, 0.25) is 0 Å². The highest BCUT2D eigenvalue weighted by Crippen LogP contribution is 2.32. The molecule has 2 unspecified atom stereocenters. The molecule has 3 heteroatoms. The van der Waals surface area contributed by atoms with E-state index in [1.54, 1.807) is 0 Å². The highest BCUT2D eigenvalue weighted by atomic mass is 16.5. The first-order valence-electron chi connectivity index (χ1n) is 4.41. The van der Waals surface area contributed by atoms with E-state index in [4.69, 9.17) is 10.5 Å². The Kier molecular flexibility index (Phi) is 1.87. The molecule has 2 rings (SSSR count). The number of ether oxygens (including phenoxy) is 1. The van der Waals surface area contributed by atoms with Gasteiger partial charge in [0.1, 0.15) is 0 Å². The molecule has 11 heavy (non-hydrogen) atoms. The van der Waals surface area contributed by atoms with E-state index in [1.165, 1.54) is 0 Å². The molecule has 2 atom stereocenters. The zero-order valence-electron chi connectivity index (χ0n) is 6.81. The summed E-state index contributed by atoms with van der Waals surface area (Å²) in [4.78, 5) is 0. The average molecular weight is 156 g/mol. The number of nitrogens with one attached hydrogen (secondary N) is 1. The van der Waals surface area contributed by atoms with Crippen molar-refractivity contribution in [3.05, 3.63) is 0 Å². The van der Waals surface area contributed by atoms with Gasteiger partial charge in [-0.05, 0) is 19.3 Å². The average Bonchev–Trinajstić information content (AvgIpc) is 2.34. The van der Waals surface area contributed by atoms with E-state index in [0.29, 0.717) is 6.04 Å². The standard InChI is InChI=1S/C8H16N2O/c9-7-1-2-8(5-7)6-10-3-4-11-8/h7,10H,1-6,9H2. The Labute approximate surface area is 67.3 Å². The van der Waals surface area contributed by atoms with Crippen LogP contribution in [-0.2, 0) is 4.74 Å². The van der Waals surface area contributed by atoms with Gasteiger partial charge in [-0.1, -0.05) is 0 Å². The van der Waals surface area contributed by atoms with Gasteiger partial charge in [-0.15, -0.1) is 0 Å². The minimum atomic E-state index is 0.109. The molecule has 0 amide bonds. The van der Waals surface area contributed by atoms with Crippen LogP contribution >= 0.6 is 0 Å². The van der Waals surface area contributed by atoms with E-state index in [2.05, 4.69) is 5.32 Å². The SMILES string of the molecule is NC1CCC2(CNCCO2)C1. The molecule has 1 aliphatic heterocycles. The Balaban J connectivity index is 1.98. The van der Waals surface area contributed by atoms with Crippen molar-refractivity contribution in [1.82, 2.24) is 5.32 Å². The first kappa shape index (κ1) is 7.53. The first-order valence-corrected chi connectivity index (χ1v) is 4.41. The lowest BCUT2D eigenvalue weighted by Crippen LogP contribution is -2.48. The second-order valence-corrected chi connectivity index (χ2v) is 3.71. The zero-order valence-corrected chi connectivity index (χ0v) is 6.81. The number of hydrogen-bond acceptors (Lipinski definition) is 3. The van der Waals surface area contributed by atoms with Crippen molar-refractivity contribution in [2.75, 3.05) is 19.7 Å². The van der Waals surface area contributed by atoms with Crippen LogP contribution in [0.4, 0.5) is 0 Å². The third-order valence-corrected chi connectivity index (χ3v) is 2.74. The molecule has 1 spiro atoms. The summed E-state index contributed by atoms with van der Waals surface area (Å²) in [6.45, 7) is 2.85. The Morgan fingerprint density at radius 1 is 1.55 bits per heavy atom. The third kappa shape index (κ3) is 1.41. The van der Waals surface area contributed by atoms with Crippen molar-refractivity contribution in [2.45, 2.75) is 30.9 Å². The summed E-state index contributed by atoms with van der Waals surface area (Å²) in [5.41, 5.74) is 5.94. The molecule has 1 heterocycles. The number of morpholine rings is 1. The number of hydrogen-bond donors (Lipinski definition) is 2. The predicted molar refractivity (Wildman–Crippen MR) is 43.4 cm³/mol. The summed E-state index contributed by atoms with van der Waals surface area (Å²) in [7, 11) is 0. The van der Waals surface area contributed by atoms with Gasteiger partial charge < -0.3 is 15.8 Å². The van der Waals surface area contributed by atoms with Crippen LogP contribution in [0.2, 0.25) is 0 Å². The van der Waals surface area contributed by atoms with E-state index in [-0.39, 0.29) is 5.60 Å². The van der Waals surface area contributed by atoms with Gasteiger partial charge >= 0.3 is 0 Å². The lowest BCUT2D eigenvalue weighted by atomic mass is 10.0. The normalized spacial score (nSPS) is 45.0. The Morgan fingerprint density at radius 2 is 2.45 bits per heavy atom. The van der Waals surface area contributed by atoms with E-state index in [1.807, 2.05) is 0 Å². The molecule has 1 aliphatic carbocycles. The van der Waals surface area contributed by atoms with Gasteiger partial charge in [-0.2, -0.15) is 0 Å². The van der Waals surface area contributed by atoms with Gasteiger partial charge in [0.15, 0.2) is 0 Å². The molecule has 0 aromatic carbocycles. The van der Waals surface area contributed by atoms with Gasteiger partial charge in [-0.3, -0.25) is 0 Å². The Morgan fingerprint density at radius 3 is 3.00 bits per heavy atom. The highest BCUT2D eigenvalue weighted by molar-refractivity contribution is 4.95. The molecule has 0 bridgehead atoms. The number of rotatable bonds is 0. The summed E-state index contributed by atoms with van der Waals surface area (Å²) in [5.74, 6) is 0. The second-order valence-electron chi connectivity index (χ2n) is 3.71. The molecule has 64 valence electrons. The van der Waals surface area contributed by atoms with Gasteiger partial charge in [-0.25, -0.2) is 0 Å². The zero-order chi connectivity index (χ0) is 7.73. The van der Waals surface area contributed by atoms with Crippen LogP contribution in [0.25, 0.3) is 0 Å². The fourth-order valence-corrected chi connectivity index (χ4v) is 2.13. The van der Waals surface area contributed by atoms with Crippen LogP contribution in [0.15, 0.2) is 0 Å². The van der Waals surface area contributed by atoms with Gasteiger partial charge in [0.25, 0.3) is 0 Å². The van der Waals surface area contributed by atoms with E-state index in [0.717, 1.165) is 39.0 Å². The van der Waals surface area contributed by atoms with Crippen LogP contribution in [-0.4, -0.2) is 31.3 Å². The van der Waals surface area contributed by atoms with Crippen molar-refractivity contribution in [2.24, 2.45) is 5.73 Å². The topological polar surface area (TPSA) is 47.3 Å². The van der Waals surface area contributed by atoms with Crippen molar-refractivity contribution >= 4 is 0 Å². The Bertz CT molecular complexity index is 138. The maximum absolute atomic E-state index is 5.83. The summed E-state index contributed by atoms with van der Waals surface area (Å²) in [5, 5.41) is 3.36. The van der Waals surface area contributed by atoms with Crippen LogP contribution < -0.4 is 11.1 Å². The molecular weight excluding hydrogens is 140 g/mol. The van der Waals surface area contributed by atoms with E-state index < -0.39 is 0 Å². The maximum atomic E-state index is 5.83. The molecule has 2 aliphatic rings. The summed E-state index contributed by atoms with van der Waals surface area (Å²) < 4.78 is 5.75. The number of nitrogens with two attached hydrogens (primary N) is 1. The fraction of sp³-hybridized carbons (Fsp3) is 1.00. The lowest BCUT2D eigenvalue weighted by Gasteiger charge is -2.34. The van der Waals surface area contributed by atoms with Crippen molar-refractivity contribution in [3.63, 3.8) is 0 Å². The van der Waals surface area contributed by atoms with Crippen molar-refractivity contribution < 1.29 is 4.74 Å². The maximum Gasteiger partial charge on any atom is 0.0822 e. The van der Waals surface area contributed by atoms with Crippen LogP contribution in [0.5, 0.6) is 0 Å². The minimum Gasteiger partial charge on any atom is -0.372 e. The molecule has 1 saturated carbocycles. The largest absolute Gasteiger partial charge is 0.372 e. The minimum absolute atomic E-state index is 0.109. The van der Waals surface area contributed by atoms with Crippen LogP contribution in [0.3, 0.4) is 0 Å². The summed E-state index contributed by atoms with van der Waals surface area (Å²) in [6, 6.07) is 0.370. The molecule has 0 aromatic heterocycles. The van der Waals surface area contributed by atoms with Crippen molar-refractivity contribution in [3.8, 4) is 0 Å². The molecule has 2 fully saturated rings. The van der Waals surface area contributed by atoms with E-state index >= 15 is 0 Å². The van der Waals surface area contributed by atoms with Crippen LogP contribution in [0, 0.1) is 0 Å². The van der Waals surface area contributed by atoms with E-state index in [9.17, 15) is 0 Å². The van der Waals surface area contributed by atoms with Crippen LogP contribution in [0.1, 0.15) is 19.3 Å². The third-order valence-electron chi connectivity index (χ3n) is 2.74. The smallest absolute Gasteiger partial charge is 0.0822 e. The molecular formula is C8H16N2O. The molecule has 0 aromatic rings. The Hall–Kier alpha value is -0.120. The molecule has 3 N–H and O–H groups in total. The first-order chi connectivity index (χ1) is 5.31. The van der Waals surface area contributed by atoms with Gasteiger partial charge in [0.05, 0.1) is 12.2 Å². The quantitative estimate of drug-likeness (QED) is 0.513. The molecule has 1 saturated heterocycles. The summed E-state index contributed by atoms with van der Waals surface area (Å²) in [6.07, 6.45) is 3.31. The monoisotopic (exact) mass is 156 g/mol. The molecule has 3 nitrogen and oxygen atoms in total. The highest BCUT2D eigenvalue weighted by Gasteiger charge is 2.39. The summed E-state index contributed by atoms with van der Waals surface area (Å²) >= 11 is 0. The fourth-order valence-electron chi connectivity index (χ4n) is 2.13. The molecule has 0 radical (unpaired) electrons. The predicted octanol–water partition coefficient (Wildman–Crippen LogP) is -0.144.